The van der Waals surface area contributed by atoms with Gasteiger partial charge in [-0.1, -0.05) is 20.8 Å². The van der Waals surface area contributed by atoms with Gasteiger partial charge >= 0.3 is 0 Å². The fourth-order valence-corrected chi connectivity index (χ4v) is 3.97. The Labute approximate surface area is 134 Å². The number of benzene rings is 1. The maximum absolute atomic E-state index is 6.09. The van der Waals surface area contributed by atoms with Gasteiger partial charge in [-0.05, 0) is 37.8 Å². The lowest BCUT2D eigenvalue weighted by Gasteiger charge is -2.36. The van der Waals surface area contributed by atoms with Crippen molar-refractivity contribution in [3.8, 4) is 11.5 Å². The van der Waals surface area contributed by atoms with Gasteiger partial charge in [-0.3, -0.25) is 0 Å². The van der Waals surface area contributed by atoms with Gasteiger partial charge < -0.3 is 14.8 Å². The van der Waals surface area contributed by atoms with Crippen LogP contribution in [-0.2, 0) is 18.3 Å². The van der Waals surface area contributed by atoms with E-state index in [0.717, 1.165) is 44.0 Å². The van der Waals surface area contributed by atoms with Crippen LogP contribution in [0.1, 0.15) is 50.3 Å². The minimum Gasteiger partial charge on any atom is -0.496 e. The zero-order valence-corrected chi connectivity index (χ0v) is 14.4. The van der Waals surface area contributed by atoms with E-state index in [-0.39, 0.29) is 5.41 Å². The summed E-state index contributed by atoms with van der Waals surface area (Å²) in [5, 5.41) is 3.55. The SMILES string of the molecule is COc1cc([C@]2(C)CCCNC2)c2c(c1CC(C)C)CCO2. The molecule has 1 aromatic carbocycles. The van der Waals surface area contributed by atoms with E-state index < -0.39 is 0 Å². The summed E-state index contributed by atoms with van der Waals surface area (Å²) in [6.07, 6.45) is 4.51. The molecule has 2 aliphatic rings. The van der Waals surface area contributed by atoms with Gasteiger partial charge in [-0.2, -0.15) is 0 Å². The van der Waals surface area contributed by atoms with Gasteiger partial charge in [0.2, 0.25) is 0 Å². The maximum atomic E-state index is 6.09. The lowest BCUT2D eigenvalue weighted by atomic mass is 9.74. The molecule has 1 saturated heterocycles. The molecule has 3 nitrogen and oxygen atoms in total. The van der Waals surface area contributed by atoms with Crippen molar-refractivity contribution in [2.75, 3.05) is 26.8 Å². The van der Waals surface area contributed by atoms with E-state index >= 15 is 0 Å². The molecule has 0 spiro atoms. The summed E-state index contributed by atoms with van der Waals surface area (Å²) >= 11 is 0. The van der Waals surface area contributed by atoms with Crippen LogP contribution in [0.15, 0.2) is 6.07 Å². The molecule has 1 atom stereocenters. The topological polar surface area (TPSA) is 30.5 Å². The first-order valence-corrected chi connectivity index (χ1v) is 8.62. The molecule has 122 valence electrons. The summed E-state index contributed by atoms with van der Waals surface area (Å²) in [7, 11) is 1.80. The fourth-order valence-electron chi connectivity index (χ4n) is 3.97. The van der Waals surface area contributed by atoms with Crippen molar-refractivity contribution in [1.29, 1.82) is 0 Å². The Kier molecular flexibility index (Phi) is 4.35. The van der Waals surface area contributed by atoms with Crippen LogP contribution in [0.5, 0.6) is 11.5 Å². The monoisotopic (exact) mass is 303 g/mol. The molecule has 0 aliphatic carbocycles. The molecule has 22 heavy (non-hydrogen) atoms. The molecule has 3 heteroatoms. The van der Waals surface area contributed by atoms with Crippen LogP contribution in [0.3, 0.4) is 0 Å². The van der Waals surface area contributed by atoms with Crippen LogP contribution in [0.4, 0.5) is 0 Å². The van der Waals surface area contributed by atoms with Crippen molar-refractivity contribution in [1.82, 2.24) is 5.32 Å². The largest absolute Gasteiger partial charge is 0.496 e. The molecule has 1 N–H and O–H groups in total. The van der Waals surface area contributed by atoms with Crippen LogP contribution >= 0.6 is 0 Å². The molecule has 0 bridgehead atoms. The summed E-state index contributed by atoms with van der Waals surface area (Å²) in [5.74, 6) is 2.83. The van der Waals surface area contributed by atoms with Gasteiger partial charge in [-0.25, -0.2) is 0 Å². The number of hydrogen-bond acceptors (Lipinski definition) is 3. The zero-order valence-electron chi connectivity index (χ0n) is 14.4. The van der Waals surface area contributed by atoms with Gasteiger partial charge in [0.15, 0.2) is 0 Å². The number of nitrogens with one attached hydrogen (secondary N) is 1. The van der Waals surface area contributed by atoms with Gasteiger partial charge in [0.1, 0.15) is 11.5 Å². The first-order valence-electron chi connectivity index (χ1n) is 8.62. The van der Waals surface area contributed by atoms with Crippen molar-refractivity contribution >= 4 is 0 Å². The number of piperidine rings is 1. The molecule has 2 aliphatic heterocycles. The maximum Gasteiger partial charge on any atom is 0.126 e. The highest BCUT2D eigenvalue weighted by molar-refractivity contribution is 5.58. The first-order chi connectivity index (χ1) is 10.5. The summed E-state index contributed by atoms with van der Waals surface area (Å²) in [6, 6.07) is 2.26. The van der Waals surface area contributed by atoms with Crippen molar-refractivity contribution in [2.24, 2.45) is 5.92 Å². The highest BCUT2D eigenvalue weighted by Crippen LogP contribution is 2.46. The van der Waals surface area contributed by atoms with Gasteiger partial charge in [-0.15, -0.1) is 0 Å². The standard InChI is InChI=1S/C19H29NO2/c1-13(2)10-15-14-6-9-22-18(14)16(11-17(15)21-4)19(3)7-5-8-20-12-19/h11,13,20H,5-10,12H2,1-4H3/t19-/m1/s1. The van der Waals surface area contributed by atoms with Gasteiger partial charge in [0.05, 0.1) is 13.7 Å². The second-order valence-electron chi connectivity index (χ2n) is 7.45. The highest BCUT2D eigenvalue weighted by Gasteiger charge is 2.36. The number of ether oxygens (including phenoxy) is 2. The van der Waals surface area contributed by atoms with E-state index in [0.29, 0.717) is 5.92 Å². The average molecular weight is 303 g/mol. The Bertz CT molecular complexity index is 545. The third-order valence-corrected chi connectivity index (χ3v) is 5.13. The van der Waals surface area contributed by atoms with E-state index in [2.05, 4.69) is 32.2 Å². The Balaban J connectivity index is 2.10. The van der Waals surface area contributed by atoms with Crippen molar-refractivity contribution in [3.63, 3.8) is 0 Å². The Morgan fingerprint density at radius 2 is 2.23 bits per heavy atom. The molecular formula is C19H29NO2. The predicted molar refractivity (Wildman–Crippen MR) is 90.2 cm³/mol. The van der Waals surface area contributed by atoms with Crippen LogP contribution in [0.2, 0.25) is 0 Å². The zero-order chi connectivity index (χ0) is 15.7. The lowest BCUT2D eigenvalue weighted by molar-refractivity contribution is 0.307. The number of methoxy groups -OCH3 is 1. The molecule has 0 aromatic heterocycles. The molecule has 1 fully saturated rings. The minimum atomic E-state index is 0.149. The Hall–Kier alpha value is -1.22. The third-order valence-electron chi connectivity index (χ3n) is 5.13. The van der Waals surface area contributed by atoms with Crippen molar-refractivity contribution < 1.29 is 9.47 Å². The van der Waals surface area contributed by atoms with E-state index in [9.17, 15) is 0 Å². The van der Waals surface area contributed by atoms with Crippen LogP contribution in [0, 0.1) is 5.92 Å². The lowest BCUT2D eigenvalue weighted by Crippen LogP contribution is -2.41. The number of hydrogen-bond donors (Lipinski definition) is 1. The Morgan fingerprint density at radius 3 is 2.86 bits per heavy atom. The summed E-state index contributed by atoms with van der Waals surface area (Å²) < 4.78 is 11.9. The molecular weight excluding hydrogens is 274 g/mol. The second kappa shape index (κ2) is 6.11. The van der Waals surface area contributed by atoms with Crippen LogP contribution in [-0.4, -0.2) is 26.8 Å². The summed E-state index contributed by atoms with van der Waals surface area (Å²) in [5.41, 5.74) is 4.25. The third kappa shape index (κ3) is 2.71. The smallest absolute Gasteiger partial charge is 0.126 e. The fraction of sp³-hybridized carbons (Fsp3) is 0.684. The Morgan fingerprint density at radius 1 is 1.41 bits per heavy atom. The van der Waals surface area contributed by atoms with Crippen molar-refractivity contribution in [3.05, 3.63) is 22.8 Å². The van der Waals surface area contributed by atoms with Gasteiger partial charge in [0.25, 0.3) is 0 Å². The van der Waals surface area contributed by atoms with Gasteiger partial charge in [0, 0.05) is 35.1 Å². The summed E-state index contributed by atoms with van der Waals surface area (Å²) in [6.45, 7) is 9.85. The molecule has 1 aromatic rings. The molecule has 0 unspecified atom stereocenters. The average Bonchev–Trinajstić information content (AvgIpc) is 2.97. The van der Waals surface area contributed by atoms with E-state index in [1.54, 1.807) is 7.11 Å². The van der Waals surface area contributed by atoms with Crippen LogP contribution < -0.4 is 14.8 Å². The van der Waals surface area contributed by atoms with E-state index in [1.807, 2.05) is 0 Å². The van der Waals surface area contributed by atoms with Crippen molar-refractivity contribution in [2.45, 2.75) is 51.9 Å². The summed E-state index contributed by atoms with van der Waals surface area (Å²) in [4.78, 5) is 0. The van der Waals surface area contributed by atoms with Crippen LogP contribution in [0.25, 0.3) is 0 Å². The van der Waals surface area contributed by atoms with E-state index in [4.69, 9.17) is 9.47 Å². The molecule has 3 rings (SSSR count). The first kappa shape index (κ1) is 15.7. The highest BCUT2D eigenvalue weighted by atomic mass is 16.5. The molecule has 0 radical (unpaired) electrons. The molecule has 0 saturated carbocycles. The predicted octanol–water partition coefficient (Wildman–Crippen LogP) is 3.47. The quantitative estimate of drug-likeness (QED) is 0.924. The minimum absolute atomic E-state index is 0.149. The van der Waals surface area contributed by atoms with E-state index in [1.165, 1.54) is 29.5 Å². The number of rotatable bonds is 4. The molecule has 0 amide bonds. The number of fused-ring (bicyclic) bond motifs is 1. The molecule has 2 heterocycles. The second-order valence-corrected chi connectivity index (χ2v) is 7.45. The normalized spacial score (nSPS) is 24.2.